The molecular formula is C5H6ClS2+. The zero-order chi connectivity index (χ0) is 5.98. The van der Waals surface area contributed by atoms with E-state index in [4.69, 9.17) is 11.6 Å². The van der Waals surface area contributed by atoms with E-state index in [0.717, 1.165) is 10.8 Å². The van der Waals surface area contributed by atoms with E-state index in [2.05, 4.69) is 12.3 Å². The van der Waals surface area contributed by atoms with Crippen molar-refractivity contribution in [3.8, 4) is 0 Å². The Labute approximate surface area is 61.1 Å². The zero-order valence-electron chi connectivity index (χ0n) is 4.48. The first-order valence-corrected chi connectivity index (χ1v) is 4.99. The van der Waals surface area contributed by atoms with Crippen molar-refractivity contribution < 1.29 is 0 Å². The lowest BCUT2D eigenvalue weighted by Gasteiger charge is -1.79. The highest BCUT2D eigenvalue weighted by Crippen LogP contribution is 2.27. The molecule has 0 radical (unpaired) electrons. The monoisotopic (exact) mass is 165 g/mol. The van der Waals surface area contributed by atoms with Crippen molar-refractivity contribution >= 4 is 32.3 Å². The smallest absolute Gasteiger partial charge is 0.0667 e. The van der Waals surface area contributed by atoms with Gasteiger partial charge < -0.3 is 0 Å². The Kier molecular flexibility index (Phi) is 2.23. The van der Waals surface area contributed by atoms with Gasteiger partial charge in [0.25, 0.3) is 10.3 Å². The van der Waals surface area contributed by atoms with E-state index in [1.54, 1.807) is 20.7 Å². The van der Waals surface area contributed by atoms with Crippen LogP contribution in [0, 0.1) is 0 Å². The molecule has 0 fully saturated rings. The maximum Gasteiger partial charge on any atom is 0.293 e. The summed E-state index contributed by atoms with van der Waals surface area (Å²) in [7, 11) is 3.34. The van der Waals surface area contributed by atoms with Gasteiger partial charge >= 0.3 is 0 Å². The highest BCUT2D eigenvalue weighted by atomic mass is 35.5. The Morgan fingerprint density at radius 1 is 1.88 bits per heavy atom. The van der Waals surface area contributed by atoms with E-state index in [9.17, 15) is 0 Å². The van der Waals surface area contributed by atoms with Gasteiger partial charge in [0, 0.05) is 5.56 Å². The minimum absolute atomic E-state index is 0.956. The largest absolute Gasteiger partial charge is 0.293 e. The lowest BCUT2D eigenvalue weighted by Crippen LogP contribution is -1.69. The molecule has 3 heteroatoms. The van der Waals surface area contributed by atoms with Crippen LogP contribution in [0.3, 0.4) is 0 Å². The fourth-order valence-corrected chi connectivity index (χ4v) is 3.01. The maximum atomic E-state index is 5.77. The van der Waals surface area contributed by atoms with E-state index in [1.165, 1.54) is 5.56 Å². The lowest BCUT2D eigenvalue weighted by molar-refractivity contribution is 1.16. The zero-order valence-corrected chi connectivity index (χ0v) is 6.87. The van der Waals surface area contributed by atoms with Crippen LogP contribution in [0.25, 0.3) is 0 Å². The van der Waals surface area contributed by atoms with Crippen LogP contribution < -0.4 is 0 Å². The van der Waals surface area contributed by atoms with Crippen LogP contribution in [0.5, 0.6) is 0 Å². The number of hydrogen-bond donors (Lipinski definition) is 0. The Bertz CT molecular complexity index is 171. The molecule has 8 heavy (non-hydrogen) atoms. The average molecular weight is 166 g/mol. The van der Waals surface area contributed by atoms with Crippen molar-refractivity contribution in [2.45, 2.75) is 13.3 Å². The number of hydrogen-bond acceptors (Lipinski definition) is 1. The number of halogens is 1. The van der Waals surface area contributed by atoms with E-state index in [1.807, 2.05) is 0 Å². The molecule has 1 aromatic heterocycles. The summed E-state index contributed by atoms with van der Waals surface area (Å²) in [5.74, 6) is 0. The van der Waals surface area contributed by atoms with Crippen molar-refractivity contribution in [3.63, 3.8) is 0 Å². The van der Waals surface area contributed by atoms with Gasteiger partial charge in [0.05, 0.1) is 0 Å². The molecule has 0 N–H and O–H groups in total. The second-order valence-electron chi connectivity index (χ2n) is 1.45. The summed E-state index contributed by atoms with van der Waals surface area (Å²) < 4.78 is 0.956. The quantitative estimate of drug-likeness (QED) is 0.443. The van der Waals surface area contributed by atoms with Gasteiger partial charge in [0.15, 0.2) is 14.7 Å². The Hall–Kier alpha value is 0.340. The fraction of sp³-hybridized carbons (Fsp3) is 0.400. The van der Waals surface area contributed by atoms with Crippen LogP contribution in [0.4, 0.5) is 0 Å². The van der Waals surface area contributed by atoms with Gasteiger partial charge in [-0.1, -0.05) is 18.5 Å². The van der Waals surface area contributed by atoms with Crippen molar-refractivity contribution in [3.05, 3.63) is 15.3 Å². The van der Waals surface area contributed by atoms with E-state index in [-0.39, 0.29) is 0 Å². The first kappa shape index (κ1) is 6.46. The number of aryl methyl sites for hydroxylation is 1. The molecule has 0 unspecified atom stereocenters. The van der Waals surface area contributed by atoms with Crippen LogP contribution in [-0.2, 0) is 6.42 Å². The van der Waals surface area contributed by atoms with Crippen molar-refractivity contribution in [1.82, 2.24) is 0 Å². The molecule has 0 saturated carbocycles. The third-order valence-corrected chi connectivity index (χ3v) is 3.66. The highest BCUT2D eigenvalue weighted by molar-refractivity contribution is 7.69. The van der Waals surface area contributed by atoms with Gasteiger partial charge in [0.2, 0.25) is 5.38 Å². The van der Waals surface area contributed by atoms with Crippen molar-refractivity contribution in [2.75, 3.05) is 0 Å². The molecule has 0 atom stereocenters. The summed E-state index contributed by atoms with van der Waals surface area (Å²) in [4.78, 5) is 0. The highest BCUT2D eigenvalue weighted by Gasteiger charge is 2.07. The van der Waals surface area contributed by atoms with Crippen molar-refractivity contribution in [2.24, 2.45) is 0 Å². The maximum absolute atomic E-state index is 5.77. The summed E-state index contributed by atoms with van der Waals surface area (Å²) >= 11 is 5.77. The second kappa shape index (κ2) is 2.76. The van der Waals surface area contributed by atoms with E-state index >= 15 is 0 Å². The van der Waals surface area contributed by atoms with E-state index in [0.29, 0.717) is 0 Å². The second-order valence-corrected chi connectivity index (χ2v) is 4.13. The molecule has 0 aliphatic heterocycles. The molecule has 1 aromatic rings. The predicted octanol–water partition coefficient (Wildman–Crippen LogP) is 3.31. The van der Waals surface area contributed by atoms with Gasteiger partial charge in [-0.3, -0.25) is 0 Å². The summed E-state index contributed by atoms with van der Waals surface area (Å²) in [6.45, 7) is 2.11. The molecule has 0 aromatic carbocycles. The molecule has 0 aliphatic carbocycles. The Balaban J connectivity index is 2.92. The SMILES string of the molecule is CCc1c[s+]sc1Cl. The molecule has 44 valence electrons. The molecule has 0 saturated heterocycles. The molecule has 1 heterocycles. The minimum atomic E-state index is 0.956. The van der Waals surface area contributed by atoms with Crippen LogP contribution >= 0.6 is 32.3 Å². The Morgan fingerprint density at radius 2 is 2.62 bits per heavy atom. The predicted molar refractivity (Wildman–Crippen MR) is 41.0 cm³/mol. The molecule has 1 rings (SSSR count). The molecule has 0 aliphatic rings. The summed E-state index contributed by atoms with van der Waals surface area (Å²) in [5, 5.41) is 2.10. The third kappa shape index (κ3) is 1.19. The normalized spacial score (nSPS) is 9.75. The van der Waals surface area contributed by atoms with Gasteiger partial charge in [-0.2, -0.15) is 0 Å². The molecule has 0 amide bonds. The molecule has 0 bridgehead atoms. The Morgan fingerprint density at radius 3 is 2.88 bits per heavy atom. The van der Waals surface area contributed by atoms with Crippen LogP contribution in [0.1, 0.15) is 12.5 Å². The van der Waals surface area contributed by atoms with Crippen LogP contribution in [0.2, 0.25) is 4.34 Å². The lowest BCUT2D eigenvalue weighted by atomic mass is 10.3. The van der Waals surface area contributed by atoms with E-state index < -0.39 is 0 Å². The van der Waals surface area contributed by atoms with Crippen molar-refractivity contribution in [1.29, 1.82) is 0 Å². The van der Waals surface area contributed by atoms with Gasteiger partial charge in [0.1, 0.15) is 0 Å². The van der Waals surface area contributed by atoms with Crippen LogP contribution in [0.15, 0.2) is 5.38 Å². The number of rotatable bonds is 1. The van der Waals surface area contributed by atoms with Gasteiger partial charge in [-0.25, -0.2) is 0 Å². The molecule has 0 nitrogen and oxygen atoms in total. The summed E-state index contributed by atoms with van der Waals surface area (Å²) in [5.41, 5.74) is 1.28. The third-order valence-electron chi connectivity index (χ3n) is 0.945. The molecule has 0 spiro atoms. The first-order valence-electron chi connectivity index (χ1n) is 2.39. The average Bonchev–Trinajstić information content (AvgIpc) is 2.14. The summed E-state index contributed by atoms with van der Waals surface area (Å²) in [6, 6.07) is 0. The van der Waals surface area contributed by atoms with Crippen LogP contribution in [-0.4, -0.2) is 0 Å². The topological polar surface area (TPSA) is 0 Å². The minimum Gasteiger partial charge on any atom is -0.0667 e. The molecular weight excluding hydrogens is 160 g/mol. The van der Waals surface area contributed by atoms with Gasteiger partial charge in [-0.05, 0) is 6.42 Å². The fourth-order valence-electron chi connectivity index (χ4n) is 0.447. The first-order chi connectivity index (χ1) is 3.84. The summed E-state index contributed by atoms with van der Waals surface area (Å²) in [6.07, 6.45) is 1.05. The standard InChI is InChI=1S/C5H6ClS2/c1-2-4-3-7-8-5(4)6/h3H,2H2,1H3/q+1. The van der Waals surface area contributed by atoms with Gasteiger partial charge in [-0.15, -0.1) is 0 Å².